The molecular weight excluding hydrogens is 236 g/mol. The van der Waals surface area contributed by atoms with Crippen molar-refractivity contribution < 1.29 is 4.79 Å². The average molecular weight is 268 g/mol. The predicted molar refractivity (Wildman–Crippen MR) is 81.3 cm³/mol. The van der Waals surface area contributed by atoms with Crippen molar-refractivity contribution in [1.82, 2.24) is 9.80 Å². The smallest absolute Gasteiger partial charge is 0.219 e. The second-order valence-corrected chi connectivity index (χ2v) is 6.47. The van der Waals surface area contributed by atoms with Crippen molar-refractivity contribution in [2.45, 2.75) is 71.8 Å². The highest BCUT2D eigenvalue weighted by Crippen LogP contribution is 2.23. The van der Waals surface area contributed by atoms with Crippen LogP contribution in [0.3, 0.4) is 0 Å². The summed E-state index contributed by atoms with van der Waals surface area (Å²) in [4.78, 5) is 15.9. The Labute approximate surface area is 119 Å². The van der Waals surface area contributed by atoms with Crippen molar-refractivity contribution in [3.8, 4) is 0 Å². The van der Waals surface area contributed by atoms with Gasteiger partial charge < -0.3 is 4.90 Å². The quantitative estimate of drug-likeness (QED) is 0.662. The molecular formula is C16H32N2O. The van der Waals surface area contributed by atoms with Gasteiger partial charge in [0.05, 0.1) is 0 Å². The Hall–Kier alpha value is -0.570. The van der Waals surface area contributed by atoms with Crippen LogP contribution in [0.4, 0.5) is 0 Å². The lowest BCUT2D eigenvalue weighted by atomic mass is 9.93. The second-order valence-electron chi connectivity index (χ2n) is 6.47. The van der Waals surface area contributed by atoms with Gasteiger partial charge in [0.2, 0.25) is 5.91 Å². The molecule has 0 aliphatic carbocycles. The van der Waals surface area contributed by atoms with Crippen molar-refractivity contribution in [3.63, 3.8) is 0 Å². The minimum atomic E-state index is 0.219. The molecule has 3 heteroatoms. The van der Waals surface area contributed by atoms with Gasteiger partial charge in [0.1, 0.15) is 0 Å². The minimum absolute atomic E-state index is 0.219. The van der Waals surface area contributed by atoms with Crippen molar-refractivity contribution in [3.05, 3.63) is 0 Å². The first kappa shape index (κ1) is 16.5. The molecule has 0 aromatic heterocycles. The highest BCUT2D eigenvalue weighted by Gasteiger charge is 2.29. The Kier molecular flexibility index (Phi) is 6.84. The molecule has 1 rings (SSSR count). The summed E-state index contributed by atoms with van der Waals surface area (Å²) in [6.45, 7) is 12.5. The maximum Gasteiger partial charge on any atom is 0.219 e. The molecule has 0 saturated carbocycles. The zero-order chi connectivity index (χ0) is 14.3. The van der Waals surface area contributed by atoms with E-state index in [2.05, 4.69) is 25.7 Å². The molecule has 1 aliphatic rings. The number of rotatable bonds is 7. The maximum absolute atomic E-state index is 11.3. The molecule has 0 unspecified atom stereocenters. The number of carbonyl (C=O) groups is 1. The number of nitrogens with zero attached hydrogens (tertiary/aromatic N) is 2. The number of amides is 1. The summed E-state index contributed by atoms with van der Waals surface area (Å²) in [5.41, 5.74) is 0.287. The van der Waals surface area contributed by atoms with Crippen molar-refractivity contribution in [1.29, 1.82) is 0 Å². The topological polar surface area (TPSA) is 23.6 Å². The molecule has 1 saturated heterocycles. The molecule has 1 amide bonds. The van der Waals surface area contributed by atoms with Gasteiger partial charge in [-0.25, -0.2) is 0 Å². The van der Waals surface area contributed by atoms with E-state index in [-0.39, 0.29) is 11.4 Å². The average Bonchev–Trinajstić information content (AvgIpc) is 2.38. The summed E-state index contributed by atoms with van der Waals surface area (Å²) >= 11 is 0. The first-order valence-corrected chi connectivity index (χ1v) is 7.98. The van der Waals surface area contributed by atoms with Gasteiger partial charge >= 0.3 is 0 Å². The van der Waals surface area contributed by atoms with Crippen LogP contribution in [0, 0.1) is 0 Å². The molecule has 0 spiro atoms. The van der Waals surface area contributed by atoms with E-state index in [1.165, 1.54) is 38.5 Å². The lowest BCUT2D eigenvalue weighted by Gasteiger charge is -2.44. The van der Waals surface area contributed by atoms with E-state index in [9.17, 15) is 4.79 Å². The van der Waals surface area contributed by atoms with Crippen LogP contribution in [0.15, 0.2) is 0 Å². The van der Waals surface area contributed by atoms with Gasteiger partial charge in [0.15, 0.2) is 0 Å². The van der Waals surface area contributed by atoms with Crippen molar-refractivity contribution in [2.24, 2.45) is 0 Å². The Morgan fingerprint density at radius 2 is 1.58 bits per heavy atom. The number of unbranched alkanes of at least 4 members (excludes halogenated alkanes) is 4. The first-order chi connectivity index (χ1) is 8.97. The third-order valence-electron chi connectivity index (χ3n) is 4.47. The Balaban J connectivity index is 2.27. The van der Waals surface area contributed by atoms with Crippen LogP contribution in [0.5, 0.6) is 0 Å². The van der Waals surface area contributed by atoms with Crippen LogP contribution in [-0.2, 0) is 4.79 Å². The van der Waals surface area contributed by atoms with E-state index in [1.54, 1.807) is 6.92 Å². The molecule has 1 aliphatic heterocycles. The third-order valence-corrected chi connectivity index (χ3v) is 4.47. The van der Waals surface area contributed by atoms with Gasteiger partial charge in [-0.05, 0) is 20.3 Å². The largest absolute Gasteiger partial charge is 0.340 e. The van der Waals surface area contributed by atoms with Gasteiger partial charge in [0.25, 0.3) is 0 Å². The van der Waals surface area contributed by atoms with Gasteiger partial charge in [-0.2, -0.15) is 0 Å². The molecule has 0 aromatic carbocycles. The number of carbonyl (C=O) groups excluding carboxylic acids is 1. The Morgan fingerprint density at radius 3 is 2.11 bits per heavy atom. The maximum atomic E-state index is 11.3. The monoisotopic (exact) mass is 268 g/mol. The van der Waals surface area contributed by atoms with Crippen LogP contribution in [0.2, 0.25) is 0 Å². The normalized spacial score (nSPS) is 17.8. The minimum Gasteiger partial charge on any atom is -0.340 e. The molecule has 0 atom stereocenters. The molecule has 1 heterocycles. The number of hydrogen-bond donors (Lipinski definition) is 0. The first-order valence-electron chi connectivity index (χ1n) is 7.98. The molecule has 0 bridgehead atoms. The zero-order valence-electron chi connectivity index (χ0n) is 13.4. The summed E-state index contributed by atoms with van der Waals surface area (Å²) in [7, 11) is 0. The molecule has 0 radical (unpaired) electrons. The highest BCUT2D eigenvalue weighted by atomic mass is 16.2. The summed E-state index contributed by atoms with van der Waals surface area (Å²) in [5.74, 6) is 0.219. The summed E-state index contributed by atoms with van der Waals surface area (Å²) in [5, 5.41) is 0. The van der Waals surface area contributed by atoms with E-state index in [1.807, 2.05) is 4.90 Å². The zero-order valence-corrected chi connectivity index (χ0v) is 13.4. The fourth-order valence-corrected chi connectivity index (χ4v) is 2.95. The van der Waals surface area contributed by atoms with Crippen LogP contribution >= 0.6 is 0 Å². The van der Waals surface area contributed by atoms with E-state index < -0.39 is 0 Å². The third kappa shape index (κ3) is 5.52. The Morgan fingerprint density at radius 1 is 1.00 bits per heavy atom. The van der Waals surface area contributed by atoms with Gasteiger partial charge in [-0.15, -0.1) is 0 Å². The standard InChI is InChI=1S/C16H32N2O/c1-5-6-7-8-9-10-16(3,4)18-13-11-17(12-14-18)15(2)19/h5-14H2,1-4H3. The second kappa shape index (κ2) is 7.88. The predicted octanol–water partition coefficient (Wildman–Crippen LogP) is 3.29. The molecule has 1 fully saturated rings. The van der Waals surface area contributed by atoms with E-state index in [0.717, 1.165) is 26.2 Å². The molecule has 19 heavy (non-hydrogen) atoms. The van der Waals surface area contributed by atoms with Crippen LogP contribution < -0.4 is 0 Å². The van der Waals surface area contributed by atoms with Crippen LogP contribution in [-0.4, -0.2) is 47.4 Å². The van der Waals surface area contributed by atoms with Gasteiger partial charge in [-0.1, -0.05) is 39.0 Å². The lowest BCUT2D eigenvalue weighted by molar-refractivity contribution is -0.131. The molecule has 3 nitrogen and oxygen atoms in total. The van der Waals surface area contributed by atoms with Crippen LogP contribution in [0.1, 0.15) is 66.2 Å². The van der Waals surface area contributed by atoms with Crippen LogP contribution in [0.25, 0.3) is 0 Å². The van der Waals surface area contributed by atoms with Gasteiger partial charge in [0, 0.05) is 38.6 Å². The summed E-state index contributed by atoms with van der Waals surface area (Å²) < 4.78 is 0. The van der Waals surface area contributed by atoms with E-state index in [4.69, 9.17) is 0 Å². The number of hydrogen-bond acceptors (Lipinski definition) is 2. The SMILES string of the molecule is CCCCCCCC(C)(C)N1CCN(C(C)=O)CC1. The van der Waals surface area contributed by atoms with E-state index in [0.29, 0.717) is 0 Å². The molecule has 112 valence electrons. The fraction of sp³-hybridized carbons (Fsp3) is 0.938. The summed E-state index contributed by atoms with van der Waals surface area (Å²) in [6, 6.07) is 0. The molecule has 0 aromatic rings. The fourth-order valence-electron chi connectivity index (χ4n) is 2.95. The lowest BCUT2D eigenvalue weighted by Crippen LogP contribution is -2.55. The Bertz CT molecular complexity index is 268. The highest BCUT2D eigenvalue weighted by molar-refractivity contribution is 5.73. The van der Waals surface area contributed by atoms with Crippen molar-refractivity contribution in [2.75, 3.05) is 26.2 Å². The summed E-state index contributed by atoms with van der Waals surface area (Å²) in [6.07, 6.45) is 8.04. The van der Waals surface area contributed by atoms with E-state index >= 15 is 0 Å². The molecule has 0 N–H and O–H groups in total. The van der Waals surface area contributed by atoms with Gasteiger partial charge in [-0.3, -0.25) is 9.69 Å². The van der Waals surface area contributed by atoms with Crippen molar-refractivity contribution >= 4 is 5.91 Å². The number of piperazine rings is 1.